The molecule has 20 heavy (non-hydrogen) atoms. The van der Waals surface area contributed by atoms with Crippen molar-refractivity contribution in [2.45, 2.75) is 37.6 Å². The smallest absolute Gasteiger partial charge is 0.297 e. The number of alkyl halides is 1. The van der Waals surface area contributed by atoms with Crippen LogP contribution in [0, 0.1) is 0 Å². The number of nitrogens with one attached hydrogen (secondary N) is 1. The number of aryl methyl sites for hydroxylation is 1. The molecule has 112 valence electrons. The number of benzene rings is 1. The Morgan fingerprint density at radius 1 is 1.30 bits per heavy atom. The van der Waals surface area contributed by atoms with Crippen LogP contribution in [0.1, 0.15) is 37.4 Å². The van der Waals surface area contributed by atoms with Crippen molar-refractivity contribution in [2.24, 2.45) is 0 Å². The van der Waals surface area contributed by atoms with E-state index in [1.165, 1.54) is 11.1 Å². The quantitative estimate of drug-likeness (QED) is 0.609. The molecule has 0 heterocycles. The largest absolute Gasteiger partial charge is 0.406 e. The molecule has 0 radical (unpaired) electrons. The minimum absolute atomic E-state index is 0.0658. The van der Waals surface area contributed by atoms with Crippen molar-refractivity contribution in [3.63, 3.8) is 0 Å². The molecule has 0 fully saturated rings. The summed E-state index contributed by atoms with van der Waals surface area (Å²) in [6, 6.07) is 8.17. The third-order valence-electron chi connectivity index (χ3n) is 3.34. The average molecular weight is 362 g/mol. The van der Waals surface area contributed by atoms with Crippen LogP contribution in [0.4, 0.5) is 0 Å². The number of rotatable bonds is 6. The lowest BCUT2D eigenvalue weighted by molar-refractivity contribution is 0.205. The van der Waals surface area contributed by atoms with Gasteiger partial charge in [-0.2, -0.15) is 0 Å². The second-order valence-corrected chi connectivity index (χ2v) is 7.64. The van der Waals surface area contributed by atoms with E-state index in [0.717, 1.165) is 12.8 Å². The van der Waals surface area contributed by atoms with E-state index in [4.69, 9.17) is 9.05 Å². The van der Waals surface area contributed by atoms with Crippen LogP contribution in [0.5, 0.6) is 0 Å². The zero-order chi connectivity index (χ0) is 14.6. The minimum atomic E-state index is -3.26. The summed E-state index contributed by atoms with van der Waals surface area (Å²) >= 11 is 3.68. The van der Waals surface area contributed by atoms with Crippen molar-refractivity contribution in [1.29, 1.82) is 0 Å². The Balaban J connectivity index is 2.25. The van der Waals surface area contributed by atoms with Crippen LogP contribution in [0.25, 0.3) is 0 Å². The van der Waals surface area contributed by atoms with Crippen molar-refractivity contribution >= 4 is 23.7 Å². The molecule has 0 aliphatic heterocycles. The standard InChI is InChI=1S/C14H21BrNO3P/c1-3-18-20(17,19-4-2)16-14-12-8-6-5-7-11(12)9-10-13(14)15/h5-8,13-14H,3-4,9-10H2,1-2H3,(H,16,17). The average Bonchev–Trinajstić information content (AvgIpc) is 2.43. The molecule has 0 amide bonds. The van der Waals surface area contributed by atoms with Gasteiger partial charge >= 0.3 is 7.75 Å². The van der Waals surface area contributed by atoms with E-state index in [0.29, 0.717) is 13.2 Å². The van der Waals surface area contributed by atoms with Crippen molar-refractivity contribution in [1.82, 2.24) is 5.09 Å². The Morgan fingerprint density at radius 2 is 1.95 bits per heavy atom. The molecule has 2 unspecified atom stereocenters. The fourth-order valence-electron chi connectivity index (χ4n) is 2.49. The fourth-order valence-corrected chi connectivity index (χ4v) is 4.91. The minimum Gasteiger partial charge on any atom is -0.297 e. The van der Waals surface area contributed by atoms with Crippen LogP contribution < -0.4 is 5.09 Å². The van der Waals surface area contributed by atoms with Gasteiger partial charge in [-0.05, 0) is 37.8 Å². The molecule has 1 N–H and O–H groups in total. The van der Waals surface area contributed by atoms with E-state index >= 15 is 0 Å². The number of halogens is 1. The van der Waals surface area contributed by atoms with Crippen LogP contribution in [0.2, 0.25) is 0 Å². The van der Waals surface area contributed by atoms with Gasteiger partial charge in [0.25, 0.3) is 0 Å². The first-order valence-electron chi connectivity index (χ1n) is 6.98. The van der Waals surface area contributed by atoms with E-state index in [-0.39, 0.29) is 10.9 Å². The Labute approximate surface area is 129 Å². The molecule has 0 aromatic heterocycles. The summed E-state index contributed by atoms with van der Waals surface area (Å²) in [4.78, 5) is 0.214. The lowest BCUT2D eigenvalue weighted by Gasteiger charge is -2.33. The van der Waals surface area contributed by atoms with Crippen LogP contribution in [-0.4, -0.2) is 18.0 Å². The van der Waals surface area contributed by atoms with Gasteiger partial charge in [-0.15, -0.1) is 0 Å². The third-order valence-corrected chi connectivity index (χ3v) is 6.11. The van der Waals surface area contributed by atoms with Crippen LogP contribution in [0.3, 0.4) is 0 Å². The Hall–Kier alpha value is -0.190. The molecule has 0 saturated carbocycles. The second-order valence-electron chi connectivity index (χ2n) is 4.69. The number of hydrogen-bond donors (Lipinski definition) is 1. The van der Waals surface area contributed by atoms with Crippen molar-refractivity contribution < 1.29 is 13.6 Å². The molecule has 1 aliphatic rings. The zero-order valence-corrected chi connectivity index (χ0v) is 14.3. The molecule has 2 rings (SSSR count). The van der Waals surface area contributed by atoms with Crippen molar-refractivity contribution in [3.8, 4) is 0 Å². The van der Waals surface area contributed by atoms with Gasteiger partial charge in [0.15, 0.2) is 0 Å². The first-order valence-corrected chi connectivity index (χ1v) is 9.44. The summed E-state index contributed by atoms with van der Waals surface area (Å²) in [7, 11) is -3.26. The monoisotopic (exact) mass is 361 g/mol. The summed E-state index contributed by atoms with van der Waals surface area (Å²) < 4.78 is 23.3. The highest BCUT2D eigenvalue weighted by molar-refractivity contribution is 9.09. The van der Waals surface area contributed by atoms with Gasteiger partial charge < -0.3 is 0 Å². The molecule has 1 aromatic carbocycles. The molecule has 4 nitrogen and oxygen atoms in total. The highest BCUT2D eigenvalue weighted by Crippen LogP contribution is 2.49. The van der Waals surface area contributed by atoms with Crippen LogP contribution >= 0.6 is 23.7 Å². The Kier molecular flexibility index (Phi) is 5.82. The van der Waals surface area contributed by atoms with Crippen LogP contribution in [-0.2, 0) is 20.0 Å². The lowest BCUT2D eigenvalue weighted by Crippen LogP contribution is -2.32. The maximum atomic E-state index is 12.7. The zero-order valence-electron chi connectivity index (χ0n) is 11.8. The normalized spacial score (nSPS) is 22.6. The van der Waals surface area contributed by atoms with Crippen LogP contribution in [0.15, 0.2) is 24.3 Å². The molecular weight excluding hydrogens is 341 g/mol. The Morgan fingerprint density at radius 3 is 2.60 bits per heavy atom. The van der Waals surface area contributed by atoms with Gasteiger partial charge in [-0.25, -0.2) is 9.65 Å². The van der Waals surface area contributed by atoms with E-state index in [1.54, 1.807) is 0 Å². The first-order chi connectivity index (χ1) is 9.59. The predicted octanol–water partition coefficient (Wildman–Crippen LogP) is 4.21. The summed E-state index contributed by atoms with van der Waals surface area (Å²) in [6.45, 7) is 4.33. The van der Waals surface area contributed by atoms with E-state index in [1.807, 2.05) is 26.0 Å². The maximum absolute atomic E-state index is 12.7. The molecule has 6 heteroatoms. The summed E-state index contributed by atoms with van der Waals surface area (Å²) in [5.41, 5.74) is 2.46. The molecular formula is C14H21BrNO3P. The highest BCUT2D eigenvalue weighted by atomic mass is 79.9. The van der Waals surface area contributed by atoms with E-state index < -0.39 is 7.75 Å². The van der Waals surface area contributed by atoms with Crippen molar-refractivity contribution in [3.05, 3.63) is 35.4 Å². The van der Waals surface area contributed by atoms with Gasteiger partial charge in [-0.1, -0.05) is 40.2 Å². The van der Waals surface area contributed by atoms with Crippen molar-refractivity contribution in [2.75, 3.05) is 13.2 Å². The molecule has 2 atom stereocenters. The van der Waals surface area contributed by atoms with Gasteiger partial charge in [0.2, 0.25) is 0 Å². The SMILES string of the molecule is CCOP(=O)(NC1c2ccccc2CCC1Br)OCC. The summed E-state index contributed by atoms with van der Waals surface area (Å²) in [5.74, 6) is 0. The summed E-state index contributed by atoms with van der Waals surface area (Å²) in [5, 5.41) is 3.10. The lowest BCUT2D eigenvalue weighted by atomic mass is 9.88. The molecule has 0 spiro atoms. The Bertz CT molecular complexity index is 487. The molecule has 1 aliphatic carbocycles. The number of fused-ring (bicyclic) bond motifs is 1. The molecule has 0 saturated heterocycles. The first kappa shape index (κ1) is 16.2. The second kappa shape index (κ2) is 7.19. The third kappa shape index (κ3) is 3.71. The van der Waals surface area contributed by atoms with E-state index in [2.05, 4.69) is 33.1 Å². The topological polar surface area (TPSA) is 47.6 Å². The van der Waals surface area contributed by atoms with E-state index in [9.17, 15) is 4.57 Å². The molecule has 0 bridgehead atoms. The predicted molar refractivity (Wildman–Crippen MR) is 84.2 cm³/mol. The van der Waals surface area contributed by atoms with Gasteiger partial charge in [0, 0.05) is 4.83 Å². The summed E-state index contributed by atoms with van der Waals surface area (Å²) in [6.07, 6.45) is 2.02. The number of hydrogen-bond acceptors (Lipinski definition) is 3. The van der Waals surface area contributed by atoms with Gasteiger partial charge in [0.05, 0.1) is 19.3 Å². The maximum Gasteiger partial charge on any atom is 0.406 e. The fraction of sp³-hybridized carbons (Fsp3) is 0.571. The molecule has 1 aromatic rings. The van der Waals surface area contributed by atoms with Gasteiger partial charge in [0.1, 0.15) is 0 Å². The van der Waals surface area contributed by atoms with Gasteiger partial charge in [-0.3, -0.25) is 9.05 Å². The highest BCUT2D eigenvalue weighted by Gasteiger charge is 2.35.